The summed E-state index contributed by atoms with van der Waals surface area (Å²) in [4.78, 5) is 25.6. The molecule has 2 amide bonds. The summed E-state index contributed by atoms with van der Waals surface area (Å²) in [6.07, 6.45) is -0.263. The van der Waals surface area contributed by atoms with Gasteiger partial charge in [0.2, 0.25) is 5.91 Å². The van der Waals surface area contributed by atoms with Gasteiger partial charge in [-0.05, 0) is 12.3 Å². The summed E-state index contributed by atoms with van der Waals surface area (Å²) in [6.45, 7) is 5.67. The lowest BCUT2D eigenvalue weighted by molar-refractivity contribution is -0.134. The van der Waals surface area contributed by atoms with Crippen LogP contribution in [-0.2, 0) is 4.79 Å². The summed E-state index contributed by atoms with van der Waals surface area (Å²) in [5, 5.41) is 8.79. The van der Waals surface area contributed by atoms with Crippen LogP contribution in [0.3, 0.4) is 0 Å². The summed E-state index contributed by atoms with van der Waals surface area (Å²) in [6, 6.07) is -0.466. The van der Waals surface area contributed by atoms with Crippen LogP contribution in [0.1, 0.15) is 20.3 Å². The molecule has 1 atom stereocenters. The minimum Gasteiger partial charge on any atom is -0.465 e. The van der Waals surface area contributed by atoms with Gasteiger partial charge in [-0.15, -0.1) is 0 Å². The van der Waals surface area contributed by atoms with Gasteiger partial charge < -0.3 is 20.6 Å². The van der Waals surface area contributed by atoms with Crippen LogP contribution >= 0.6 is 0 Å². The van der Waals surface area contributed by atoms with E-state index in [1.165, 1.54) is 4.90 Å². The van der Waals surface area contributed by atoms with Crippen molar-refractivity contribution in [2.45, 2.75) is 26.3 Å². The molecule has 1 fully saturated rings. The molecule has 6 heteroatoms. The van der Waals surface area contributed by atoms with Crippen molar-refractivity contribution in [2.75, 3.05) is 26.2 Å². The van der Waals surface area contributed by atoms with E-state index in [0.29, 0.717) is 38.5 Å². The van der Waals surface area contributed by atoms with Crippen molar-refractivity contribution < 1.29 is 14.7 Å². The maximum Gasteiger partial charge on any atom is 0.407 e. The highest BCUT2D eigenvalue weighted by Crippen LogP contribution is 2.08. The average molecular weight is 243 g/mol. The first-order valence-corrected chi connectivity index (χ1v) is 5.94. The summed E-state index contributed by atoms with van der Waals surface area (Å²) in [5.41, 5.74) is 5.82. The van der Waals surface area contributed by atoms with Crippen molar-refractivity contribution in [3.05, 3.63) is 0 Å². The minimum atomic E-state index is -0.927. The van der Waals surface area contributed by atoms with Gasteiger partial charge in [0.25, 0.3) is 0 Å². The number of carboxylic acid groups (broad SMARTS) is 1. The molecule has 98 valence electrons. The van der Waals surface area contributed by atoms with Gasteiger partial charge in [-0.1, -0.05) is 13.8 Å². The molecule has 0 unspecified atom stereocenters. The third kappa shape index (κ3) is 3.89. The molecule has 0 radical (unpaired) electrons. The summed E-state index contributed by atoms with van der Waals surface area (Å²) in [7, 11) is 0. The number of nitrogens with two attached hydrogens (primary N) is 1. The second-order valence-corrected chi connectivity index (χ2v) is 4.83. The Hall–Kier alpha value is -1.30. The van der Waals surface area contributed by atoms with Gasteiger partial charge in [0, 0.05) is 26.2 Å². The third-order valence-electron chi connectivity index (χ3n) is 2.90. The molecule has 0 bridgehead atoms. The van der Waals surface area contributed by atoms with Crippen molar-refractivity contribution >= 4 is 12.0 Å². The minimum absolute atomic E-state index is 0.0660. The maximum absolute atomic E-state index is 11.9. The Morgan fingerprint density at radius 2 is 1.65 bits per heavy atom. The molecule has 1 rings (SSSR count). The predicted molar refractivity (Wildman–Crippen MR) is 63.6 cm³/mol. The highest BCUT2D eigenvalue weighted by molar-refractivity contribution is 5.82. The molecular formula is C11H21N3O3. The van der Waals surface area contributed by atoms with E-state index in [-0.39, 0.29) is 5.91 Å². The van der Waals surface area contributed by atoms with E-state index in [1.807, 2.05) is 13.8 Å². The number of amides is 2. The Morgan fingerprint density at radius 3 is 2.06 bits per heavy atom. The monoisotopic (exact) mass is 243 g/mol. The number of hydrogen-bond acceptors (Lipinski definition) is 3. The van der Waals surface area contributed by atoms with Gasteiger partial charge in [-0.2, -0.15) is 0 Å². The molecule has 17 heavy (non-hydrogen) atoms. The van der Waals surface area contributed by atoms with E-state index in [1.54, 1.807) is 4.90 Å². The second-order valence-electron chi connectivity index (χ2n) is 4.83. The normalized spacial score (nSPS) is 18.4. The Labute approximate surface area is 101 Å². The standard InChI is InChI=1S/C11H21N3O3/c1-8(2)7-9(12)10(15)13-3-5-14(6-4-13)11(16)17/h8-9H,3-7,12H2,1-2H3,(H,16,17)/t9-/m0/s1. The second kappa shape index (κ2) is 5.86. The number of hydrogen-bond donors (Lipinski definition) is 2. The van der Waals surface area contributed by atoms with E-state index in [4.69, 9.17) is 10.8 Å². The first kappa shape index (κ1) is 13.8. The molecule has 1 saturated heterocycles. The van der Waals surface area contributed by atoms with Gasteiger partial charge in [-0.3, -0.25) is 4.79 Å². The van der Waals surface area contributed by atoms with Gasteiger partial charge in [0.1, 0.15) is 0 Å². The largest absolute Gasteiger partial charge is 0.465 e. The van der Waals surface area contributed by atoms with Crippen LogP contribution in [-0.4, -0.2) is 59.1 Å². The van der Waals surface area contributed by atoms with Crippen molar-refractivity contribution in [2.24, 2.45) is 11.7 Å². The summed E-state index contributed by atoms with van der Waals surface area (Å²) in [5.74, 6) is 0.318. The Bertz CT molecular complexity index is 286. The topological polar surface area (TPSA) is 86.9 Å². The van der Waals surface area contributed by atoms with Crippen molar-refractivity contribution in [3.63, 3.8) is 0 Å². The fourth-order valence-electron chi connectivity index (χ4n) is 1.96. The molecule has 1 aliphatic rings. The number of piperazine rings is 1. The molecule has 0 saturated carbocycles. The first-order chi connectivity index (χ1) is 7.91. The summed E-state index contributed by atoms with van der Waals surface area (Å²) < 4.78 is 0. The Balaban J connectivity index is 2.43. The van der Waals surface area contributed by atoms with Crippen molar-refractivity contribution in [3.8, 4) is 0 Å². The van der Waals surface area contributed by atoms with Crippen LogP contribution < -0.4 is 5.73 Å². The van der Waals surface area contributed by atoms with Crippen molar-refractivity contribution in [1.82, 2.24) is 9.80 Å². The maximum atomic E-state index is 11.9. The van der Waals surface area contributed by atoms with E-state index in [2.05, 4.69) is 0 Å². The molecular weight excluding hydrogens is 222 g/mol. The first-order valence-electron chi connectivity index (χ1n) is 5.94. The quantitative estimate of drug-likeness (QED) is 0.740. The highest BCUT2D eigenvalue weighted by Gasteiger charge is 2.27. The van der Waals surface area contributed by atoms with Gasteiger partial charge in [-0.25, -0.2) is 4.79 Å². The van der Waals surface area contributed by atoms with E-state index < -0.39 is 12.1 Å². The van der Waals surface area contributed by atoms with Gasteiger partial charge in [0.15, 0.2) is 0 Å². The Morgan fingerprint density at radius 1 is 1.18 bits per heavy atom. The molecule has 0 aliphatic carbocycles. The molecule has 6 nitrogen and oxygen atoms in total. The number of carbonyl (C=O) groups is 2. The summed E-state index contributed by atoms with van der Waals surface area (Å²) >= 11 is 0. The number of rotatable bonds is 3. The van der Waals surface area contributed by atoms with Crippen LogP contribution in [0.2, 0.25) is 0 Å². The fraction of sp³-hybridized carbons (Fsp3) is 0.818. The molecule has 0 aromatic carbocycles. The molecule has 0 aromatic rings. The van der Waals surface area contributed by atoms with E-state index in [9.17, 15) is 9.59 Å². The third-order valence-corrected chi connectivity index (χ3v) is 2.90. The van der Waals surface area contributed by atoms with Crippen LogP contribution in [0.15, 0.2) is 0 Å². The number of carbonyl (C=O) groups excluding carboxylic acids is 1. The van der Waals surface area contributed by atoms with Crippen molar-refractivity contribution in [1.29, 1.82) is 0 Å². The molecule has 0 aromatic heterocycles. The Kier molecular flexibility index (Phi) is 4.74. The smallest absolute Gasteiger partial charge is 0.407 e. The lowest BCUT2D eigenvalue weighted by Crippen LogP contribution is -2.54. The van der Waals surface area contributed by atoms with Gasteiger partial charge in [0.05, 0.1) is 6.04 Å². The zero-order valence-corrected chi connectivity index (χ0v) is 10.4. The number of nitrogens with zero attached hydrogens (tertiary/aromatic N) is 2. The van der Waals surface area contributed by atoms with E-state index in [0.717, 1.165) is 0 Å². The van der Waals surface area contributed by atoms with Crippen LogP contribution in [0, 0.1) is 5.92 Å². The van der Waals surface area contributed by atoms with Crippen LogP contribution in [0.4, 0.5) is 4.79 Å². The fourth-order valence-corrected chi connectivity index (χ4v) is 1.96. The molecule has 1 aliphatic heterocycles. The van der Waals surface area contributed by atoms with Crippen LogP contribution in [0.25, 0.3) is 0 Å². The average Bonchev–Trinajstić information content (AvgIpc) is 2.27. The SMILES string of the molecule is CC(C)C[C@H](N)C(=O)N1CCN(C(=O)O)CC1. The zero-order valence-electron chi connectivity index (χ0n) is 10.4. The predicted octanol–water partition coefficient (Wildman–Crippen LogP) is 0.182. The lowest BCUT2D eigenvalue weighted by Gasteiger charge is -2.34. The highest BCUT2D eigenvalue weighted by atomic mass is 16.4. The van der Waals surface area contributed by atoms with Gasteiger partial charge >= 0.3 is 6.09 Å². The molecule has 1 heterocycles. The lowest BCUT2D eigenvalue weighted by atomic mass is 10.0. The molecule has 0 spiro atoms. The van der Waals surface area contributed by atoms with Crippen LogP contribution in [0.5, 0.6) is 0 Å². The molecule has 3 N–H and O–H groups in total. The van der Waals surface area contributed by atoms with E-state index >= 15 is 0 Å². The zero-order chi connectivity index (χ0) is 13.0.